The molecule has 10 heteroatoms. The van der Waals surface area contributed by atoms with Crippen LogP contribution >= 0.6 is 23.5 Å². The monoisotopic (exact) mass is 411 g/mol. The van der Waals surface area contributed by atoms with Crippen LogP contribution in [0.5, 0.6) is 0 Å². The first-order chi connectivity index (χ1) is 10.5. The van der Waals surface area contributed by atoms with E-state index < -0.39 is 19.0 Å². The molecule has 23 heavy (non-hydrogen) atoms. The second kappa shape index (κ2) is 7.72. The maximum Gasteiger partial charge on any atom is 0.391 e. The van der Waals surface area contributed by atoms with Crippen molar-refractivity contribution in [2.75, 3.05) is 20.0 Å². The topological polar surface area (TPSA) is 111 Å². The van der Waals surface area contributed by atoms with Crippen molar-refractivity contribution in [1.82, 2.24) is 9.55 Å². The standard InChI is InChI=1S/C11H14BrFN3O3P.C2H6O/c1-5(2)4-16-10-6(12)3-7(13)8(14)9(10)15-11(16)20(17,18)19;1-3-2/h3,5H,4,14H2,1-2H3,(H2,17,18,19);1-2H3. The van der Waals surface area contributed by atoms with Crippen molar-refractivity contribution in [3.05, 3.63) is 16.4 Å². The predicted molar refractivity (Wildman–Crippen MR) is 91.3 cm³/mol. The van der Waals surface area contributed by atoms with Gasteiger partial charge in [-0.25, -0.2) is 9.37 Å². The van der Waals surface area contributed by atoms with Gasteiger partial charge >= 0.3 is 7.60 Å². The van der Waals surface area contributed by atoms with E-state index in [-0.39, 0.29) is 17.1 Å². The minimum atomic E-state index is -4.59. The molecular weight excluding hydrogens is 392 g/mol. The molecule has 0 aliphatic rings. The van der Waals surface area contributed by atoms with Gasteiger partial charge in [0.2, 0.25) is 5.57 Å². The quantitative estimate of drug-likeness (QED) is 0.527. The van der Waals surface area contributed by atoms with E-state index in [9.17, 15) is 18.7 Å². The molecule has 0 saturated carbocycles. The molecule has 0 radical (unpaired) electrons. The van der Waals surface area contributed by atoms with Crippen LogP contribution in [0.4, 0.5) is 10.1 Å². The lowest BCUT2D eigenvalue weighted by atomic mass is 10.2. The van der Waals surface area contributed by atoms with E-state index in [2.05, 4.69) is 25.7 Å². The fraction of sp³-hybridized carbons (Fsp3) is 0.462. The normalized spacial score (nSPS) is 11.7. The van der Waals surface area contributed by atoms with Gasteiger partial charge in [-0.05, 0) is 27.9 Å². The first-order valence-electron chi connectivity index (χ1n) is 6.64. The molecule has 4 N–H and O–H groups in total. The second-order valence-corrected chi connectivity index (χ2v) is 7.66. The van der Waals surface area contributed by atoms with E-state index >= 15 is 0 Å². The van der Waals surface area contributed by atoms with Gasteiger partial charge < -0.3 is 24.8 Å². The minimum absolute atomic E-state index is 0.0517. The van der Waals surface area contributed by atoms with Crippen LogP contribution < -0.4 is 11.3 Å². The number of nitrogens with two attached hydrogens (primary N) is 1. The number of methoxy groups -OCH3 is 1. The number of rotatable bonds is 3. The van der Waals surface area contributed by atoms with Crippen LogP contribution in [0.1, 0.15) is 13.8 Å². The lowest BCUT2D eigenvalue weighted by molar-refractivity contribution is 0.277. The molecule has 0 unspecified atom stereocenters. The fourth-order valence-corrected chi connectivity index (χ4v) is 3.33. The third kappa shape index (κ3) is 4.51. The van der Waals surface area contributed by atoms with Crippen LogP contribution in [0.25, 0.3) is 11.0 Å². The van der Waals surface area contributed by atoms with Gasteiger partial charge in [-0.15, -0.1) is 0 Å². The highest BCUT2D eigenvalue weighted by molar-refractivity contribution is 9.10. The van der Waals surface area contributed by atoms with Gasteiger partial charge in [0.25, 0.3) is 0 Å². The number of nitrogen functional groups attached to an aromatic ring is 1. The van der Waals surface area contributed by atoms with Crippen molar-refractivity contribution in [3.63, 3.8) is 0 Å². The third-order valence-corrected chi connectivity index (χ3v) is 4.21. The summed E-state index contributed by atoms with van der Waals surface area (Å²) in [5.41, 5.74) is 5.43. The molecule has 0 amide bonds. The van der Waals surface area contributed by atoms with Crippen molar-refractivity contribution in [3.8, 4) is 0 Å². The van der Waals surface area contributed by atoms with Crippen LogP contribution in [0.2, 0.25) is 0 Å². The SMILES string of the molecule is CC(C)Cn1c(P(=O)(O)O)nc2c(N)c(F)cc(Br)c21.COC. The number of ether oxygens (including phenoxy) is 1. The molecule has 1 aromatic heterocycles. The highest BCUT2D eigenvalue weighted by atomic mass is 79.9. The Morgan fingerprint density at radius 2 is 2.00 bits per heavy atom. The van der Waals surface area contributed by atoms with Gasteiger partial charge in [-0.3, -0.25) is 4.57 Å². The van der Waals surface area contributed by atoms with Crippen molar-refractivity contribution in [2.24, 2.45) is 5.92 Å². The summed E-state index contributed by atoms with van der Waals surface area (Å²) in [6, 6.07) is 1.17. The Labute approximate surface area is 141 Å². The lowest BCUT2D eigenvalue weighted by Crippen LogP contribution is -2.21. The van der Waals surface area contributed by atoms with E-state index in [1.165, 1.54) is 10.6 Å². The number of hydrogen-bond acceptors (Lipinski definition) is 4. The highest BCUT2D eigenvalue weighted by Crippen LogP contribution is 2.38. The first kappa shape index (κ1) is 20.1. The molecule has 7 nitrogen and oxygen atoms in total. The van der Waals surface area contributed by atoms with Gasteiger partial charge in [0, 0.05) is 25.2 Å². The average molecular weight is 412 g/mol. The summed E-state index contributed by atoms with van der Waals surface area (Å²) in [6.45, 7) is 4.13. The summed E-state index contributed by atoms with van der Waals surface area (Å²) < 4.78 is 31.2. The summed E-state index contributed by atoms with van der Waals surface area (Å²) in [6.07, 6.45) is 0. The maximum atomic E-state index is 13.6. The third-order valence-electron chi connectivity index (χ3n) is 2.75. The van der Waals surface area contributed by atoms with Crippen LogP contribution in [0.3, 0.4) is 0 Å². The first-order valence-corrected chi connectivity index (χ1v) is 9.05. The van der Waals surface area contributed by atoms with Crippen molar-refractivity contribution in [2.45, 2.75) is 20.4 Å². The Hall–Kier alpha value is -0.990. The molecule has 0 fully saturated rings. The Bertz CT molecular complexity index is 745. The molecule has 0 spiro atoms. The Morgan fingerprint density at radius 3 is 2.43 bits per heavy atom. The van der Waals surface area contributed by atoms with E-state index in [4.69, 9.17) is 5.73 Å². The van der Waals surface area contributed by atoms with Gasteiger partial charge in [0.15, 0.2) is 0 Å². The molecule has 0 atom stereocenters. The summed E-state index contributed by atoms with van der Waals surface area (Å²) in [4.78, 5) is 22.7. The average Bonchev–Trinajstić information content (AvgIpc) is 2.76. The van der Waals surface area contributed by atoms with Gasteiger partial charge in [-0.2, -0.15) is 0 Å². The smallest absolute Gasteiger partial charge is 0.391 e. The van der Waals surface area contributed by atoms with Gasteiger partial charge in [-0.1, -0.05) is 13.8 Å². The number of fused-ring (bicyclic) bond motifs is 1. The molecule has 1 aromatic carbocycles. The van der Waals surface area contributed by atoms with Gasteiger partial charge in [0.1, 0.15) is 11.3 Å². The van der Waals surface area contributed by atoms with Gasteiger partial charge in [0.05, 0.1) is 11.2 Å². The van der Waals surface area contributed by atoms with Crippen LogP contribution in [0, 0.1) is 11.7 Å². The zero-order chi connectivity index (χ0) is 17.9. The number of halogens is 2. The Kier molecular flexibility index (Phi) is 6.73. The zero-order valence-electron chi connectivity index (χ0n) is 13.2. The number of anilines is 1. The van der Waals surface area contributed by atoms with E-state index in [0.717, 1.165) is 0 Å². The number of imidazole rings is 1. The van der Waals surface area contributed by atoms with E-state index in [0.29, 0.717) is 16.5 Å². The highest BCUT2D eigenvalue weighted by Gasteiger charge is 2.29. The summed E-state index contributed by atoms with van der Waals surface area (Å²) in [5.74, 6) is -0.563. The molecule has 1 heterocycles. The number of nitrogens with zero attached hydrogens (tertiary/aromatic N) is 2. The maximum absolute atomic E-state index is 13.6. The number of hydrogen-bond donors (Lipinski definition) is 3. The minimum Gasteiger partial charge on any atom is -0.395 e. The summed E-state index contributed by atoms with van der Waals surface area (Å²) in [7, 11) is -1.34. The molecular formula is C13H20BrFN3O4P. The largest absolute Gasteiger partial charge is 0.395 e. The van der Waals surface area contributed by atoms with E-state index in [1.54, 1.807) is 14.2 Å². The number of benzene rings is 1. The van der Waals surface area contributed by atoms with Crippen molar-refractivity contribution >= 4 is 45.8 Å². The van der Waals surface area contributed by atoms with Crippen molar-refractivity contribution < 1.29 is 23.5 Å². The lowest BCUT2D eigenvalue weighted by Gasteiger charge is -2.13. The van der Waals surface area contributed by atoms with Crippen LogP contribution in [-0.2, 0) is 15.8 Å². The molecule has 0 aliphatic carbocycles. The Morgan fingerprint density at radius 1 is 1.48 bits per heavy atom. The number of aromatic nitrogens is 2. The van der Waals surface area contributed by atoms with Crippen LogP contribution in [-0.4, -0.2) is 33.6 Å². The molecule has 2 aromatic rings. The fourth-order valence-electron chi connectivity index (χ4n) is 2.00. The summed E-state index contributed by atoms with van der Waals surface area (Å²) in [5, 5.41) is 0. The zero-order valence-corrected chi connectivity index (χ0v) is 15.7. The second-order valence-electron chi connectivity index (χ2n) is 5.32. The summed E-state index contributed by atoms with van der Waals surface area (Å²) >= 11 is 3.19. The molecule has 0 bridgehead atoms. The molecule has 0 saturated heterocycles. The molecule has 130 valence electrons. The molecule has 2 rings (SSSR count). The van der Waals surface area contributed by atoms with Crippen LogP contribution in [0.15, 0.2) is 10.5 Å². The Balaban J connectivity index is 0.000000816. The van der Waals surface area contributed by atoms with Crippen molar-refractivity contribution in [1.29, 1.82) is 0 Å². The predicted octanol–water partition coefficient (Wildman–Crippen LogP) is 2.24. The molecule has 0 aliphatic heterocycles. The van der Waals surface area contributed by atoms with E-state index in [1.807, 2.05) is 13.8 Å².